The summed E-state index contributed by atoms with van der Waals surface area (Å²) in [6.07, 6.45) is 2.48. The molecule has 130 valence electrons. The Balaban J connectivity index is 1.51. The number of likely N-dealkylation sites (tertiary alicyclic amines) is 1. The second-order valence-corrected chi connectivity index (χ2v) is 6.74. The van der Waals surface area contributed by atoms with Crippen LogP contribution < -0.4 is 4.90 Å². The van der Waals surface area contributed by atoms with Gasteiger partial charge in [0.2, 0.25) is 11.8 Å². The molecule has 0 saturated carbocycles. The summed E-state index contributed by atoms with van der Waals surface area (Å²) < 4.78 is 0. The van der Waals surface area contributed by atoms with Gasteiger partial charge in [-0.2, -0.15) is 0 Å². The van der Waals surface area contributed by atoms with Crippen molar-refractivity contribution >= 4 is 17.5 Å². The number of hydrogen-bond acceptors (Lipinski definition) is 3. The molecule has 1 aromatic carbocycles. The molecule has 2 fully saturated rings. The highest BCUT2D eigenvalue weighted by molar-refractivity contribution is 5.89. The third-order valence-corrected chi connectivity index (χ3v) is 5.06. The minimum Gasteiger partial charge on any atom is -0.368 e. The van der Waals surface area contributed by atoms with Crippen molar-refractivity contribution in [2.75, 3.05) is 44.2 Å². The zero-order valence-corrected chi connectivity index (χ0v) is 14.5. The number of anilines is 1. The van der Waals surface area contributed by atoms with E-state index in [0.29, 0.717) is 13.0 Å². The molecule has 1 unspecified atom stereocenters. The smallest absolute Gasteiger partial charge is 0.228 e. The summed E-state index contributed by atoms with van der Waals surface area (Å²) in [6.45, 7) is 6.72. The van der Waals surface area contributed by atoms with Crippen LogP contribution in [0.4, 0.5) is 5.69 Å². The lowest BCUT2D eigenvalue weighted by atomic mass is 10.1. The molecule has 5 nitrogen and oxygen atoms in total. The van der Waals surface area contributed by atoms with Gasteiger partial charge in [-0.15, -0.1) is 0 Å². The monoisotopic (exact) mass is 329 g/mol. The van der Waals surface area contributed by atoms with Gasteiger partial charge in [0.05, 0.1) is 5.92 Å². The first-order valence-corrected chi connectivity index (χ1v) is 9.05. The van der Waals surface area contributed by atoms with Crippen molar-refractivity contribution in [1.29, 1.82) is 0 Å². The first-order chi connectivity index (χ1) is 11.7. The molecule has 0 N–H and O–H groups in total. The fraction of sp³-hybridized carbons (Fsp3) is 0.579. The Kier molecular flexibility index (Phi) is 5.38. The summed E-state index contributed by atoms with van der Waals surface area (Å²) >= 11 is 0. The molecule has 1 atom stereocenters. The highest BCUT2D eigenvalue weighted by Gasteiger charge is 2.36. The number of rotatable bonds is 5. The molecule has 2 saturated heterocycles. The minimum absolute atomic E-state index is 0.141. The van der Waals surface area contributed by atoms with Crippen molar-refractivity contribution < 1.29 is 9.59 Å². The molecule has 1 aromatic rings. The quantitative estimate of drug-likeness (QED) is 0.830. The first-order valence-electron chi connectivity index (χ1n) is 9.05. The molecule has 2 aliphatic heterocycles. The van der Waals surface area contributed by atoms with Crippen LogP contribution in [0.1, 0.15) is 26.2 Å². The zero-order valence-electron chi connectivity index (χ0n) is 14.5. The van der Waals surface area contributed by atoms with E-state index in [1.165, 1.54) is 5.69 Å². The zero-order chi connectivity index (χ0) is 16.9. The average molecular weight is 329 g/mol. The third kappa shape index (κ3) is 3.71. The van der Waals surface area contributed by atoms with Gasteiger partial charge in [0, 0.05) is 51.4 Å². The van der Waals surface area contributed by atoms with E-state index in [1.807, 2.05) is 28.0 Å². The number of nitrogens with zero attached hydrogens (tertiary/aromatic N) is 3. The summed E-state index contributed by atoms with van der Waals surface area (Å²) in [5, 5.41) is 0. The van der Waals surface area contributed by atoms with Gasteiger partial charge < -0.3 is 14.7 Å². The Morgan fingerprint density at radius 2 is 1.83 bits per heavy atom. The van der Waals surface area contributed by atoms with Crippen LogP contribution in [0.2, 0.25) is 0 Å². The second kappa shape index (κ2) is 7.69. The fourth-order valence-electron chi connectivity index (χ4n) is 3.58. The molecule has 0 spiro atoms. The maximum atomic E-state index is 12.7. The van der Waals surface area contributed by atoms with Crippen LogP contribution in [0, 0.1) is 5.92 Å². The SMILES string of the molecule is CCCCN1CC(C(=O)N2CCN(c3ccccc3)CC2)CC1=O. The Hall–Kier alpha value is -2.04. The van der Waals surface area contributed by atoms with Gasteiger partial charge >= 0.3 is 0 Å². The van der Waals surface area contributed by atoms with Crippen molar-refractivity contribution in [1.82, 2.24) is 9.80 Å². The van der Waals surface area contributed by atoms with Crippen LogP contribution in [0.25, 0.3) is 0 Å². The lowest BCUT2D eigenvalue weighted by Crippen LogP contribution is -2.50. The highest BCUT2D eigenvalue weighted by Crippen LogP contribution is 2.22. The molecule has 24 heavy (non-hydrogen) atoms. The standard InChI is InChI=1S/C19H27N3O2/c1-2-3-9-22-15-16(14-18(22)23)19(24)21-12-10-20(11-13-21)17-7-5-4-6-8-17/h4-8,16H,2-3,9-15H2,1H3. The normalized spacial score (nSPS) is 21.5. The first kappa shape index (κ1) is 16.8. The number of para-hydroxylation sites is 1. The number of piperazine rings is 1. The summed E-state index contributed by atoms with van der Waals surface area (Å²) in [5.74, 6) is 0.164. The van der Waals surface area contributed by atoms with Gasteiger partial charge in [-0.25, -0.2) is 0 Å². The summed E-state index contributed by atoms with van der Waals surface area (Å²) in [7, 11) is 0. The van der Waals surface area contributed by atoms with Gasteiger partial charge in [-0.3, -0.25) is 9.59 Å². The van der Waals surface area contributed by atoms with E-state index >= 15 is 0 Å². The second-order valence-electron chi connectivity index (χ2n) is 6.74. The van der Waals surface area contributed by atoms with Gasteiger partial charge in [-0.05, 0) is 18.6 Å². The number of benzene rings is 1. The van der Waals surface area contributed by atoms with Crippen molar-refractivity contribution in [3.05, 3.63) is 30.3 Å². The van der Waals surface area contributed by atoms with Gasteiger partial charge in [0.15, 0.2) is 0 Å². The highest BCUT2D eigenvalue weighted by atomic mass is 16.2. The topological polar surface area (TPSA) is 43.9 Å². The molecular weight excluding hydrogens is 302 g/mol. The van der Waals surface area contributed by atoms with Gasteiger partial charge in [0.1, 0.15) is 0 Å². The fourth-order valence-corrected chi connectivity index (χ4v) is 3.58. The van der Waals surface area contributed by atoms with E-state index < -0.39 is 0 Å². The molecular formula is C19H27N3O2. The van der Waals surface area contributed by atoms with Crippen LogP contribution in [-0.4, -0.2) is 60.9 Å². The molecule has 0 radical (unpaired) electrons. The number of amides is 2. The predicted molar refractivity (Wildman–Crippen MR) is 94.8 cm³/mol. The van der Waals surface area contributed by atoms with E-state index in [4.69, 9.17) is 0 Å². The summed E-state index contributed by atoms with van der Waals surface area (Å²) in [5.41, 5.74) is 1.21. The Morgan fingerprint density at radius 1 is 1.12 bits per heavy atom. The Bertz CT molecular complexity index is 567. The molecule has 0 bridgehead atoms. The molecule has 2 amide bonds. The van der Waals surface area contributed by atoms with Crippen molar-refractivity contribution in [2.45, 2.75) is 26.2 Å². The third-order valence-electron chi connectivity index (χ3n) is 5.06. The molecule has 5 heteroatoms. The predicted octanol–water partition coefficient (Wildman–Crippen LogP) is 1.98. The van der Waals surface area contributed by atoms with Crippen LogP contribution in [-0.2, 0) is 9.59 Å². The lowest BCUT2D eigenvalue weighted by Gasteiger charge is -2.37. The van der Waals surface area contributed by atoms with E-state index in [2.05, 4.69) is 24.0 Å². The summed E-state index contributed by atoms with van der Waals surface area (Å²) in [4.78, 5) is 30.9. The van der Waals surface area contributed by atoms with E-state index in [1.54, 1.807) is 0 Å². The van der Waals surface area contributed by atoms with Crippen molar-refractivity contribution in [3.63, 3.8) is 0 Å². The lowest BCUT2D eigenvalue weighted by molar-refractivity contribution is -0.136. The maximum Gasteiger partial charge on any atom is 0.228 e. The van der Waals surface area contributed by atoms with Crippen LogP contribution in [0.3, 0.4) is 0 Å². The van der Waals surface area contributed by atoms with Crippen LogP contribution >= 0.6 is 0 Å². The van der Waals surface area contributed by atoms with Gasteiger partial charge in [0.25, 0.3) is 0 Å². The van der Waals surface area contributed by atoms with E-state index in [0.717, 1.165) is 45.6 Å². The van der Waals surface area contributed by atoms with Crippen molar-refractivity contribution in [2.24, 2.45) is 5.92 Å². The average Bonchev–Trinajstić information content (AvgIpc) is 3.01. The molecule has 3 rings (SSSR count). The number of unbranched alkanes of at least 4 members (excludes halogenated alkanes) is 1. The van der Waals surface area contributed by atoms with Crippen molar-refractivity contribution in [3.8, 4) is 0 Å². The molecule has 0 aliphatic carbocycles. The van der Waals surface area contributed by atoms with Crippen LogP contribution in [0.15, 0.2) is 30.3 Å². The maximum absolute atomic E-state index is 12.7. The Labute approximate surface area is 144 Å². The largest absolute Gasteiger partial charge is 0.368 e. The molecule has 2 aliphatic rings. The van der Waals surface area contributed by atoms with Gasteiger partial charge in [-0.1, -0.05) is 31.5 Å². The molecule has 0 aromatic heterocycles. The van der Waals surface area contributed by atoms with E-state index in [9.17, 15) is 9.59 Å². The van der Waals surface area contributed by atoms with Crippen LogP contribution in [0.5, 0.6) is 0 Å². The number of carbonyl (C=O) groups is 2. The minimum atomic E-state index is -0.141. The van der Waals surface area contributed by atoms with E-state index in [-0.39, 0.29) is 17.7 Å². The Morgan fingerprint density at radius 3 is 2.50 bits per heavy atom. The molecule has 2 heterocycles. The number of hydrogen-bond donors (Lipinski definition) is 0. The summed E-state index contributed by atoms with van der Waals surface area (Å²) in [6, 6.07) is 10.3. The number of carbonyl (C=O) groups excluding carboxylic acids is 2.